The third-order valence-electron chi connectivity index (χ3n) is 9.97. The molecule has 0 amide bonds. The van der Waals surface area contributed by atoms with Crippen LogP contribution in [0.15, 0.2) is 223 Å². The zero-order valence-corrected chi connectivity index (χ0v) is 37.0. The Labute approximate surface area is 375 Å². The monoisotopic (exact) mass is 968 g/mol. The standard InChI is InChI=1S/C25H18F3OP.C18H14BrOP.C7H6BF3O2/c26-25(27,28)20-17-15-19(16-18-20)23-13-7-8-14-24(23)30(29,21-9-3-1-4-10-21)22-11-5-2-6-12-22;19-17-13-7-8-14-18(17)21(20,15-9-3-1-4-10-15)16-11-5-2-6-12-16;9-7(10,11)5-1-3-6(4-2-5)8(12)13/h1-18H;1-14H;1-4,12-13H. The van der Waals surface area contributed by atoms with Crippen molar-refractivity contribution in [3.63, 3.8) is 0 Å². The molecule has 0 aromatic heterocycles. The highest BCUT2D eigenvalue weighted by atomic mass is 79.9. The molecule has 8 aromatic rings. The first-order chi connectivity index (χ1) is 30.5. The van der Waals surface area contributed by atoms with Crippen LogP contribution < -0.4 is 37.3 Å². The van der Waals surface area contributed by atoms with Crippen LogP contribution in [0.3, 0.4) is 0 Å². The Kier molecular flexibility index (Phi) is 15.5. The fraction of sp³-hybridized carbons (Fsp3) is 0.0400. The molecule has 14 heteroatoms. The smallest absolute Gasteiger partial charge is 0.423 e. The maximum atomic E-state index is 14.7. The van der Waals surface area contributed by atoms with Crippen LogP contribution >= 0.6 is 30.2 Å². The summed E-state index contributed by atoms with van der Waals surface area (Å²) >= 11 is 3.55. The fourth-order valence-corrected chi connectivity index (χ4v) is 13.4. The first-order valence-corrected chi connectivity index (χ1v) is 23.7. The summed E-state index contributed by atoms with van der Waals surface area (Å²) in [6.07, 6.45) is -8.79. The van der Waals surface area contributed by atoms with Crippen molar-refractivity contribution in [3.05, 3.63) is 234 Å². The van der Waals surface area contributed by atoms with Crippen molar-refractivity contribution in [3.8, 4) is 11.1 Å². The molecule has 0 unspecified atom stereocenters. The minimum absolute atomic E-state index is 0.0352. The van der Waals surface area contributed by atoms with Gasteiger partial charge in [0.15, 0.2) is 14.3 Å². The van der Waals surface area contributed by atoms with Crippen molar-refractivity contribution >= 4 is 74.6 Å². The lowest BCUT2D eigenvalue weighted by Gasteiger charge is -2.23. The van der Waals surface area contributed by atoms with E-state index in [4.69, 9.17) is 10.0 Å². The van der Waals surface area contributed by atoms with Crippen molar-refractivity contribution in [2.75, 3.05) is 0 Å². The highest BCUT2D eigenvalue weighted by Gasteiger charge is 2.34. The van der Waals surface area contributed by atoms with Crippen LogP contribution in [0, 0.1) is 0 Å². The zero-order chi connectivity index (χ0) is 46.0. The first kappa shape index (κ1) is 47.7. The summed E-state index contributed by atoms with van der Waals surface area (Å²) in [5.41, 5.74) is -0.240. The number of hydrogen-bond donors (Lipinski definition) is 2. The van der Waals surface area contributed by atoms with Gasteiger partial charge < -0.3 is 19.2 Å². The molecule has 0 heterocycles. The van der Waals surface area contributed by atoms with Crippen LogP contribution in [0.5, 0.6) is 0 Å². The summed E-state index contributed by atoms with van der Waals surface area (Å²) in [5.74, 6) is 0. The van der Waals surface area contributed by atoms with Gasteiger partial charge in [-0.05, 0) is 40.9 Å². The van der Waals surface area contributed by atoms with Gasteiger partial charge in [-0.2, -0.15) is 26.3 Å². The highest BCUT2D eigenvalue weighted by molar-refractivity contribution is 9.10. The van der Waals surface area contributed by atoms with Crippen molar-refractivity contribution in [1.29, 1.82) is 0 Å². The van der Waals surface area contributed by atoms with Crippen LogP contribution in [0.4, 0.5) is 26.3 Å². The number of halogens is 7. The molecule has 2 N–H and O–H groups in total. The second-order valence-electron chi connectivity index (χ2n) is 14.1. The van der Waals surface area contributed by atoms with Gasteiger partial charge in [0.25, 0.3) is 0 Å². The molecule has 8 aromatic carbocycles. The van der Waals surface area contributed by atoms with Crippen LogP contribution in [0.1, 0.15) is 11.1 Å². The van der Waals surface area contributed by atoms with Crippen molar-refractivity contribution < 1.29 is 45.5 Å². The Morgan fingerprint density at radius 1 is 0.391 bits per heavy atom. The van der Waals surface area contributed by atoms with Crippen LogP contribution in [0.2, 0.25) is 0 Å². The van der Waals surface area contributed by atoms with Gasteiger partial charge in [0.1, 0.15) is 0 Å². The van der Waals surface area contributed by atoms with Crippen molar-refractivity contribution in [2.45, 2.75) is 12.4 Å². The van der Waals surface area contributed by atoms with Gasteiger partial charge >= 0.3 is 19.5 Å². The lowest BCUT2D eigenvalue weighted by molar-refractivity contribution is -0.138. The van der Waals surface area contributed by atoms with Crippen LogP contribution in [0.25, 0.3) is 11.1 Å². The molecule has 324 valence electrons. The van der Waals surface area contributed by atoms with Gasteiger partial charge in [-0.3, -0.25) is 0 Å². The summed E-state index contributed by atoms with van der Waals surface area (Å²) in [4.78, 5) is 0. The van der Waals surface area contributed by atoms with Gasteiger partial charge in [0.2, 0.25) is 0 Å². The van der Waals surface area contributed by atoms with E-state index in [0.717, 1.165) is 56.8 Å². The van der Waals surface area contributed by atoms with E-state index in [0.29, 0.717) is 27.0 Å². The largest absolute Gasteiger partial charge is 0.488 e. The highest BCUT2D eigenvalue weighted by Crippen LogP contribution is 2.46. The average Bonchev–Trinajstić information content (AvgIpc) is 3.32. The minimum Gasteiger partial charge on any atom is -0.423 e. The van der Waals surface area contributed by atoms with Gasteiger partial charge in [-0.15, -0.1) is 0 Å². The lowest BCUT2D eigenvalue weighted by atomic mass is 9.80. The van der Waals surface area contributed by atoms with E-state index in [9.17, 15) is 35.5 Å². The predicted octanol–water partition coefficient (Wildman–Crippen LogP) is 10.5. The van der Waals surface area contributed by atoms with E-state index in [1.54, 1.807) is 24.3 Å². The Hall–Kier alpha value is -5.74. The summed E-state index contributed by atoms with van der Waals surface area (Å²) in [7, 11) is -7.84. The number of hydrogen-bond acceptors (Lipinski definition) is 4. The maximum absolute atomic E-state index is 14.7. The quantitative estimate of drug-likeness (QED) is 0.0904. The number of benzene rings is 8. The van der Waals surface area contributed by atoms with Crippen molar-refractivity contribution in [1.82, 2.24) is 0 Å². The number of alkyl halides is 6. The molecule has 8 rings (SSSR count). The molecular weight excluding hydrogens is 931 g/mol. The van der Waals surface area contributed by atoms with Gasteiger partial charge in [0, 0.05) is 36.3 Å². The molecule has 0 aliphatic carbocycles. The summed E-state index contributed by atoms with van der Waals surface area (Å²) in [6, 6.07) is 61.3. The number of rotatable bonds is 8. The van der Waals surface area contributed by atoms with Crippen molar-refractivity contribution in [2.24, 2.45) is 0 Å². The van der Waals surface area contributed by atoms with Gasteiger partial charge in [-0.25, -0.2) is 0 Å². The average molecular weight is 970 g/mol. The zero-order valence-electron chi connectivity index (χ0n) is 33.6. The summed E-state index contributed by atoms with van der Waals surface area (Å²) < 4.78 is 104. The summed E-state index contributed by atoms with van der Waals surface area (Å²) in [6.45, 7) is 0. The molecule has 4 nitrogen and oxygen atoms in total. The van der Waals surface area contributed by atoms with E-state index < -0.39 is 44.9 Å². The molecule has 0 saturated heterocycles. The Bertz CT molecular complexity index is 2750. The fourth-order valence-electron chi connectivity index (χ4n) is 6.79. The van der Waals surface area contributed by atoms with E-state index in [1.807, 2.05) is 146 Å². The van der Waals surface area contributed by atoms with E-state index in [2.05, 4.69) is 15.9 Å². The SMILES string of the molecule is O=P(c1ccccc1)(c1ccccc1)c1ccccc1-c1ccc(C(F)(F)F)cc1.O=P(c1ccccc1)(c1ccccc1)c1ccccc1Br.OB(O)c1ccc(C(F)(F)F)cc1. The van der Waals surface area contributed by atoms with E-state index in [1.165, 1.54) is 12.1 Å². The molecule has 0 aliphatic heterocycles. The van der Waals surface area contributed by atoms with E-state index in [-0.39, 0.29) is 5.46 Å². The normalized spacial score (nSPS) is 11.6. The first-order valence-electron chi connectivity index (χ1n) is 19.5. The van der Waals surface area contributed by atoms with Gasteiger partial charge in [0.05, 0.1) is 11.1 Å². The molecule has 0 aliphatic rings. The second-order valence-corrected chi connectivity index (χ2v) is 20.4. The minimum atomic E-state index is -4.40. The molecule has 0 fully saturated rings. The van der Waals surface area contributed by atoms with E-state index >= 15 is 0 Å². The predicted molar refractivity (Wildman–Crippen MR) is 251 cm³/mol. The molecule has 0 saturated carbocycles. The molecule has 0 spiro atoms. The molecule has 0 atom stereocenters. The second kappa shape index (κ2) is 20.8. The molecule has 64 heavy (non-hydrogen) atoms. The Morgan fingerprint density at radius 3 is 1.06 bits per heavy atom. The molecular formula is C50H38BBrF6O4P2. The third-order valence-corrected chi connectivity index (χ3v) is 17.2. The Morgan fingerprint density at radius 2 is 0.703 bits per heavy atom. The van der Waals surface area contributed by atoms with Crippen LogP contribution in [-0.4, -0.2) is 17.2 Å². The van der Waals surface area contributed by atoms with Gasteiger partial charge in [-0.1, -0.05) is 210 Å². The third kappa shape index (κ3) is 11.1. The molecule has 0 bridgehead atoms. The lowest BCUT2D eigenvalue weighted by Crippen LogP contribution is -2.29. The Balaban J connectivity index is 0.000000174. The van der Waals surface area contributed by atoms with Crippen LogP contribution in [-0.2, 0) is 21.5 Å². The topological polar surface area (TPSA) is 74.6 Å². The maximum Gasteiger partial charge on any atom is 0.488 e. The molecule has 0 radical (unpaired) electrons. The summed E-state index contributed by atoms with van der Waals surface area (Å²) in [5, 5.41) is 21.7.